The van der Waals surface area contributed by atoms with Crippen molar-refractivity contribution in [1.82, 2.24) is 4.90 Å². The zero-order valence-corrected chi connectivity index (χ0v) is 12.3. The van der Waals surface area contributed by atoms with Crippen LogP contribution in [0.25, 0.3) is 0 Å². The maximum absolute atomic E-state index is 8.86. The SMILES string of the molecule is CN1CCC([C@H]2CCN(c3ccc(C#N)cc3)C2)CC1. The molecule has 0 radical (unpaired) electrons. The first-order chi connectivity index (χ1) is 9.76. The topological polar surface area (TPSA) is 30.3 Å². The summed E-state index contributed by atoms with van der Waals surface area (Å²) in [5, 5.41) is 8.86. The molecule has 3 nitrogen and oxygen atoms in total. The summed E-state index contributed by atoms with van der Waals surface area (Å²) in [5.74, 6) is 1.77. The minimum Gasteiger partial charge on any atom is -0.371 e. The normalized spacial score (nSPS) is 24.8. The summed E-state index contributed by atoms with van der Waals surface area (Å²) in [7, 11) is 2.23. The second-order valence-corrected chi connectivity index (χ2v) is 6.29. The van der Waals surface area contributed by atoms with E-state index in [9.17, 15) is 0 Å². The van der Waals surface area contributed by atoms with Crippen molar-refractivity contribution in [3.05, 3.63) is 29.8 Å². The van der Waals surface area contributed by atoms with Gasteiger partial charge < -0.3 is 9.80 Å². The number of piperidine rings is 1. The smallest absolute Gasteiger partial charge is 0.0991 e. The van der Waals surface area contributed by atoms with Crippen LogP contribution in [-0.2, 0) is 0 Å². The molecule has 0 unspecified atom stereocenters. The van der Waals surface area contributed by atoms with E-state index >= 15 is 0 Å². The highest BCUT2D eigenvalue weighted by Crippen LogP contribution is 2.33. The lowest BCUT2D eigenvalue weighted by Gasteiger charge is -2.32. The van der Waals surface area contributed by atoms with Gasteiger partial charge in [0.1, 0.15) is 0 Å². The zero-order valence-electron chi connectivity index (χ0n) is 12.3. The van der Waals surface area contributed by atoms with Crippen LogP contribution >= 0.6 is 0 Å². The predicted octanol–water partition coefficient (Wildman–Crippen LogP) is 2.73. The van der Waals surface area contributed by atoms with Crippen molar-refractivity contribution in [2.24, 2.45) is 11.8 Å². The lowest BCUT2D eigenvalue weighted by atomic mass is 9.84. The third kappa shape index (κ3) is 2.81. The molecule has 2 heterocycles. The average Bonchev–Trinajstić information content (AvgIpc) is 2.98. The van der Waals surface area contributed by atoms with E-state index in [4.69, 9.17) is 5.26 Å². The lowest BCUT2D eigenvalue weighted by molar-refractivity contribution is 0.178. The number of nitrogens with zero attached hydrogens (tertiary/aromatic N) is 3. The lowest BCUT2D eigenvalue weighted by Crippen LogP contribution is -2.34. The molecular weight excluding hydrogens is 246 g/mol. The summed E-state index contributed by atoms with van der Waals surface area (Å²) in [6.45, 7) is 4.89. The first-order valence-corrected chi connectivity index (χ1v) is 7.70. The van der Waals surface area contributed by atoms with E-state index in [2.05, 4.69) is 35.0 Å². The van der Waals surface area contributed by atoms with Gasteiger partial charge in [-0.3, -0.25) is 0 Å². The summed E-state index contributed by atoms with van der Waals surface area (Å²) in [5.41, 5.74) is 2.03. The van der Waals surface area contributed by atoms with E-state index in [0.29, 0.717) is 0 Å². The number of likely N-dealkylation sites (tertiary alicyclic amines) is 1. The van der Waals surface area contributed by atoms with Crippen molar-refractivity contribution >= 4 is 5.69 Å². The van der Waals surface area contributed by atoms with Gasteiger partial charge in [0.2, 0.25) is 0 Å². The number of anilines is 1. The molecule has 1 aromatic rings. The van der Waals surface area contributed by atoms with Crippen molar-refractivity contribution in [3.8, 4) is 6.07 Å². The summed E-state index contributed by atoms with van der Waals surface area (Å²) >= 11 is 0. The fourth-order valence-electron chi connectivity index (χ4n) is 3.65. The van der Waals surface area contributed by atoms with Crippen molar-refractivity contribution < 1.29 is 0 Å². The third-order valence-corrected chi connectivity index (χ3v) is 5.02. The fraction of sp³-hybridized carbons (Fsp3) is 0.588. The molecule has 0 spiro atoms. The monoisotopic (exact) mass is 269 g/mol. The highest BCUT2D eigenvalue weighted by Gasteiger charge is 2.31. The van der Waals surface area contributed by atoms with Crippen LogP contribution in [0.15, 0.2) is 24.3 Å². The van der Waals surface area contributed by atoms with Crippen LogP contribution in [0.3, 0.4) is 0 Å². The van der Waals surface area contributed by atoms with E-state index in [1.165, 1.54) is 51.1 Å². The summed E-state index contributed by atoms with van der Waals surface area (Å²) in [6.07, 6.45) is 4.05. The first-order valence-electron chi connectivity index (χ1n) is 7.70. The van der Waals surface area contributed by atoms with Crippen LogP contribution in [0.4, 0.5) is 5.69 Å². The van der Waals surface area contributed by atoms with E-state index in [1.54, 1.807) is 0 Å². The Morgan fingerprint density at radius 1 is 1.00 bits per heavy atom. The number of hydrogen-bond acceptors (Lipinski definition) is 3. The number of nitriles is 1. The van der Waals surface area contributed by atoms with E-state index in [0.717, 1.165) is 17.4 Å². The van der Waals surface area contributed by atoms with Crippen LogP contribution in [-0.4, -0.2) is 38.1 Å². The molecule has 3 rings (SSSR count). The molecule has 2 saturated heterocycles. The van der Waals surface area contributed by atoms with Crippen molar-refractivity contribution in [3.63, 3.8) is 0 Å². The molecule has 1 atom stereocenters. The van der Waals surface area contributed by atoms with Gasteiger partial charge in [0.25, 0.3) is 0 Å². The molecular formula is C17H23N3. The fourth-order valence-corrected chi connectivity index (χ4v) is 3.65. The highest BCUT2D eigenvalue weighted by molar-refractivity contribution is 5.50. The molecule has 0 aromatic heterocycles. The molecule has 2 aliphatic rings. The predicted molar refractivity (Wildman–Crippen MR) is 81.7 cm³/mol. The molecule has 20 heavy (non-hydrogen) atoms. The molecule has 2 aliphatic heterocycles. The molecule has 0 amide bonds. The summed E-state index contributed by atoms with van der Waals surface area (Å²) < 4.78 is 0. The van der Waals surface area contributed by atoms with Gasteiger partial charge in [-0.15, -0.1) is 0 Å². The summed E-state index contributed by atoms with van der Waals surface area (Å²) in [6, 6.07) is 10.2. The van der Waals surface area contributed by atoms with E-state index < -0.39 is 0 Å². The Bertz CT molecular complexity index is 480. The molecule has 0 saturated carbocycles. The van der Waals surface area contributed by atoms with Crippen LogP contribution < -0.4 is 4.90 Å². The number of rotatable bonds is 2. The Balaban J connectivity index is 1.60. The Morgan fingerprint density at radius 2 is 1.65 bits per heavy atom. The van der Waals surface area contributed by atoms with Gasteiger partial charge in [0.05, 0.1) is 11.6 Å². The zero-order chi connectivity index (χ0) is 13.9. The molecule has 106 valence electrons. The average molecular weight is 269 g/mol. The van der Waals surface area contributed by atoms with Crippen LogP contribution in [0.1, 0.15) is 24.8 Å². The van der Waals surface area contributed by atoms with Gasteiger partial charge in [0, 0.05) is 18.8 Å². The van der Waals surface area contributed by atoms with Crippen LogP contribution in [0.2, 0.25) is 0 Å². The van der Waals surface area contributed by atoms with Gasteiger partial charge in [-0.2, -0.15) is 5.26 Å². The Kier molecular flexibility index (Phi) is 3.93. The number of hydrogen-bond donors (Lipinski definition) is 0. The van der Waals surface area contributed by atoms with Gasteiger partial charge in [0.15, 0.2) is 0 Å². The van der Waals surface area contributed by atoms with Crippen molar-refractivity contribution in [1.29, 1.82) is 5.26 Å². The largest absolute Gasteiger partial charge is 0.371 e. The summed E-state index contributed by atoms with van der Waals surface area (Å²) in [4.78, 5) is 4.94. The second kappa shape index (κ2) is 5.85. The standard InChI is InChI=1S/C17H23N3/c1-19-9-6-15(7-10-19)16-8-11-20(13-16)17-4-2-14(12-18)3-5-17/h2-5,15-16H,6-11,13H2,1H3/t16-/m0/s1. The third-order valence-electron chi connectivity index (χ3n) is 5.02. The van der Waals surface area contributed by atoms with Crippen LogP contribution in [0.5, 0.6) is 0 Å². The molecule has 2 fully saturated rings. The van der Waals surface area contributed by atoms with E-state index in [1.807, 2.05) is 12.1 Å². The second-order valence-electron chi connectivity index (χ2n) is 6.29. The molecule has 1 aromatic carbocycles. The first kappa shape index (κ1) is 13.5. The molecule has 0 aliphatic carbocycles. The van der Waals surface area contributed by atoms with Crippen molar-refractivity contribution in [2.45, 2.75) is 19.3 Å². The maximum atomic E-state index is 8.86. The van der Waals surface area contributed by atoms with Gasteiger partial charge >= 0.3 is 0 Å². The molecule has 0 bridgehead atoms. The van der Waals surface area contributed by atoms with E-state index in [-0.39, 0.29) is 0 Å². The Hall–Kier alpha value is -1.53. The quantitative estimate of drug-likeness (QED) is 0.827. The minimum atomic E-state index is 0.750. The Morgan fingerprint density at radius 3 is 2.30 bits per heavy atom. The highest BCUT2D eigenvalue weighted by atomic mass is 15.2. The van der Waals surface area contributed by atoms with Crippen LogP contribution in [0, 0.1) is 23.2 Å². The van der Waals surface area contributed by atoms with Crippen molar-refractivity contribution in [2.75, 3.05) is 38.1 Å². The molecule has 3 heteroatoms. The van der Waals surface area contributed by atoms with Gasteiger partial charge in [-0.1, -0.05) is 0 Å². The van der Waals surface area contributed by atoms with Gasteiger partial charge in [-0.25, -0.2) is 0 Å². The number of benzene rings is 1. The minimum absolute atomic E-state index is 0.750. The molecule has 0 N–H and O–H groups in total. The maximum Gasteiger partial charge on any atom is 0.0991 e. The van der Waals surface area contributed by atoms with Gasteiger partial charge in [-0.05, 0) is 75.5 Å². The Labute approximate surface area is 121 Å².